The molecule has 0 aliphatic carbocycles. The van der Waals surface area contributed by atoms with Crippen molar-refractivity contribution >= 4 is 29.1 Å². The summed E-state index contributed by atoms with van der Waals surface area (Å²) in [6, 6.07) is 0. The normalized spacial score (nSPS) is 16.7. The third kappa shape index (κ3) is 4.78. The largest absolute Gasteiger partial charge is 0.550 e. The first-order valence-electron chi connectivity index (χ1n) is 6.77. The maximum Gasteiger partial charge on any atom is 0.150 e. The van der Waals surface area contributed by atoms with Crippen LogP contribution in [-0.4, -0.2) is 36.3 Å². The van der Waals surface area contributed by atoms with Gasteiger partial charge < -0.3 is 14.8 Å². The molecule has 0 atom stereocenters. The van der Waals surface area contributed by atoms with Crippen molar-refractivity contribution in [3.05, 3.63) is 10.6 Å². The third-order valence-corrected chi connectivity index (χ3v) is 5.72. The van der Waals surface area contributed by atoms with Gasteiger partial charge >= 0.3 is 0 Å². The number of aliphatic carboxylic acids is 1. The fourth-order valence-electron chi connectivity index (χ4n) is 2.34. The maximum atomic E-state index is 10.6. The molecule has 6 heteroatoms. The zero-order valence-electron chi connectivity index (χ0n) is 11.2. The van der Waals surface area contributed by atoms with Crippen LogP contribution in [0, 0.1) is 6.92 Å². The number of thioether (sulfide) groups is 1. The van der Waals surface area contributed by atoms with Crippen molar-refractivity contribution in [1.82, 2.24) is 4.98 Å². The number of carboxylic acids is 1. The lowest BCUT2D eigenvalue weighted by Crippen LogP contribution is -3.13. The Morgan fingerprint density at radius 2 is 2.16 bits per heavy atom. The van der Waals surface area contributed by atoms with Gasteiger partial charge in [-0.1, -0.05) is 11.8 Å². The van der Waals surface area contributed by atoms with Gasteiger partial charge in [-0.2, -0.15) is 0 Å². The first kappa shape index (κ1) is 14.8. The molecule has 1 aromatic rings. The number of piperidine rings is 1. The Kier molecular flexibility index (Phi) is 5.66. The van der Waals surface area contributed by atoms with Crippen molar-refractivity contribution in [2.24, 2.45) is 0 Å². The van der Waals surface area contributed by atoms with Crippen molar-refractivity contribution in [2.45, 2.75) is 36.9 Å². The Hall–Kier alpha value is -0.590. The smallest absolute Gasteiger partial charge is 0.150 e. The second-order valence-electron chi connectivity index (χ2n) is 4.95. The maximum absolute atomic E-state index is 10.6. The molecule has 0 saturated carbocycles. The summed E-state index contributed by atoms with van der Waals surface area (Å²) >= 11 is 3.25. The van der Waals surface area contributed by atoms with Crippen molar-refractivity contribution in [1.29, 1.82) is 0 Å². The van der Waals surface area contributed by atoms with Crippen LogP contribution in [0.25, 0.3) is 0 Å². The van der Waals surface area contributed by atoms with Gasteiger partial charge in [0.15, 0.2) is 4.34 Å². The van der Waals surface area contributed by atoms with Crippen LogP contribution in [0.3, 0.4) is 0 Å². The first-order chi connectivity index (χ1) is 9.15. The molecule has 1 aliphatic heterocycles. The van der Waals surface area contributed by atoms with Crippen LogP contribution in [0.15, 0.2) is 4.34 Å². The van der Waals surface area contributed by atoms with Crippen molar-refractivity contribution < 1.29 is 14.8 Å². The number of quaternary nitrogens is 1. The SMILES string of the molecule is Cc1nc(SCC[NH+]2CCCCC2)sc1CC(=O)[O-]. The number of nitrogens with one attached hydrogen (secondary N) is 1. The van der Waals surface area contributed by atoms with Gasteiger partial charge in [-0.15, -0.1) is 11.3 Å². The number of thiazole rings is 1. The molecule has 1 aromatic heterocycles. The van der Waals surface area contributed by atoms with Gasteiger partial charge in [0.2, 0.25) is 0 Å². The molecular formula is C13H20N2O2S2. The predicted octanol–water partition coefficient (Wildman–Crippen LogP) is -0.0952. The molecule has 0 amide bonds. The number of hydrogen-bond acceptors (Lipinski definition) is 5. The van der Waals surface area contributed by atoms with Crippen LogP contribution >= 0.6 is 23.1 Å². The lowest BCUT2D eigenvalue weighted by Gasteiger charge is -2.22. The first-order valence-corrected chi connectivity index (χ1v) is 8.58. The summed E-state index contributed by atoms with van der Waals surface area (Å²) in [5, 5.41) is 10.6. The zero-order valence-corrected chi connectivity index (χ0v) is 12.9. The van der Waals surface area contributed by atoms with Crippen LogP contribution in [0.5, 0.6) is 0 Å². The van der Waals surface area contributed by atoms with Gasteiger partial charge in [-0.05, 0) is 26.2 Å². The van der Waals surface area contributed by atoms with Crippen LogP contribution in [0.1, 0.15) is 29.8 Å². The van der Waals surface area contributed by atoms with Gasteiger partial charge in [-0.3, -0.25) is 0 Å². The highest BCUT2D eigenvalue weighted by Gasteiger charge is 2.14. The van der Waals surface area contributed by atoms with Crippen molar-refractivity contribution in [2.75, 3.05) is 25.4 Å². The van der Waals surface area contributed by atoms with E-state index < -0.39 is 5.97 Å². The van der Waals surface area contributed by atoms with Crippen molar-refractivity contribution in [3.63, 3.8) is 0 Å². The van der Waals surface area contributed by atoms with E-state index in [1.54, 1.807) is 16.7 Å². The quantitative estimate of drug-likeness (QED) is 0.746. The minimum Gasteiger partial charge on any atom is -0.550 e. The van der Waals surface area contributed by atoms with Crippen molar-refractivity contribution in [3.8, 4) is 0 Å². The summed E-state index contributed by atoms with van der Waals surface area (Å²) in [4.78, 5) is 17.6. The summed E-state index contributed by atoms with van der Waals surface area (Å²) < 4.78 is 0.991. The van der Waals surface area contributed by atoms with Gasteiger partial charge in [0, 0.05) is 23.0 Å². The molecule has 0 bridgehead atoms. The molecule has 0 aromatic carbocycles. The topological polar surface area (TPSA) is 57.5 Å². The van der Waals surface area contributed by atoms with Gasteiger partial charge in [0.1, 0.15) is 0 Å². The molecule has 1 fully saturated rings. The molecule has 1 N–H and O–H groups in total. The second-order valence-corrected chi connectivity index (χ2v) is 7.37. The van der Waals surface area contributed by atoms with Gasteiger partial charge in [-0.25, -0.2) is 4.98 Å². The summed E-state index contributed by atoms with van der Waals surface area (Å²) in [5.74, 6) is 0.0358. The summed E-state index contributed by atoms with van der Waals surface area (Å²) in [7, 11) is 0. The number of rotatable bonds is 6. The summed E-state index contributed by atoms with van der Waals surface area (Å²) in [5.41, 5.74) is 0.835. The lowest BCUT2D eigenvalue weighted by atomic mass is 10.1. The summed E-state index contributed by atoms with van der Waals surface area (Å²) in [6.45, 7) is 5.65. The Morgan fingerprint density at radius 3 is 2.84 bits per heavy atom. The number of likely N-dealkylation sites (tertiary alicyclic amines) is 1. The second kappa shape index (κ2) is 7.26. The Morgan fingerprint density at radius 1 is 1.42 bits per heavy atom. The van der Waals surface area contributed by atoms with Crippen LogP contribution < -0.4 is 10.0 Å². The van der Waals surface area contributed by atoms with E-state index in [4.69, 9.17) is 0 Å². The molecule has 4 nitrogen and oxygen atoms in total. The molecule has 0 radical (unpaired) electrons. The number of hydrogen-bond donors (Lipinski definition) is 1. The van der Waals surface area contributed by atoms with Crippen LogP contribution in [-0.2, 0) is 11.2 Å². The average molecular weight is 300 g/mol. The number of aryl methyl sites for hydroxylation is 1. The van der Waals surface area contributed by atoms with E-state index in [9.17, 15) is 9.90 Å². The Balaban J connectivity index is 1.77. The van der Waals surface area contributed by atoms with Crippen LogP contribution in [0.4, 0.5) is 0 Å². The van der Waals surface area contributed by atoms with Crippen LogP contribution in [0.2, 0.25) is 0 Å². The Labute approximate surface area is 122 Å². The third-order valence-electron chi connectivity index (χ3n) is 3.42. The highest BCUT2D eigenvalue weighted by molar-refractivity contribution is 8.01. The highest BCUT2D eigenvalue weighted by atomic mass is 32.2. The number of carbonyl (C=O) groups excluding carboxylic acids is 1. The molecule has 106 valence electrons. The molecule has 1 saturated heterocycles. The standard InChI is InChI=1S/C13H20N2O2S2/c1-10-11(9-12(16)17)19-13(14-10)18-8-7-15-5-3-2-4-6-15/h2-9H2,1H3,(H,16,17). The molecule has 1 aliphatic rings. The Bertz CT molecular complexity index is 428. The van der Waals surface area contributed by atoms with E-state index in [0.717, 1.165) is 20.7 Å². The predicted molar refractivity (Wildman–Crippen MR) is 75.7 cm³/mol. The van der Waals surface area contributed by atoms with E-state index >= 15 is 0 Å². The molecule has 2 heterocycles. The van der Waals surface area contributed by atoms with E-state index in [-0.39, 0.29) is 6.42 Å². The molecular weight excluding hydrogens is 280 g/mol. The summed E-state index contributed by atoms with van der Waals surface area (Å²) in [6.07, 6.45) is 4.08. The fourth-order valence-corrected chi connectivity index (χ4v) is 4.67. The van der Waals surface area contributed by atoms with E-state index in [0.29, 0.717) is 0 Å². The van der Waals surface area contributed by atoms with E-state index in [1.165, 1.54) is 50.2 Å². The molecule has 0 unspecified atom stereocenters. The number of nitrogens with zero attached hydrogens (tertiary/aromatic N) is 1. The molecule has 19 heavy (non-hydrogen) atoms. The minimum absolute atomic E-state index is 0.0125. The van der Waals surface area contributed by atoms with Gasteiger partial charge in [0.25, 0.3) is 0 Å². The lowest BCUT2D eigenvalue weighted by molar-refractivity contribution is -0.902. The van der Waals surface area contributed by atoms with E-state index in [2.05, 4.69) is 4.98 Å². The molecule has 0 spiro atoms. The monoisotopic (exact) mass is 300 g/mol. The minimum atomic E-state index is -1.03. The molecule has 2 rings (SSSR count). The van der Waals surface area contributed by atoms with E-state index in [1.807, 2.05) is 6.92 Å². The number of aromatic nitrogens is 1. The number of carbonyl (C=O) groups is 1. The highest BCUT2D eigenvalue weighted by Crippen LogP contribution is 2.26. The van der Waals surface area contributed by atoms with Gasteiger partial charge in [0.05, 0.1) is 25.3 Å². The number of carboxylic acid groups (broad SMARTS) is 1. The average Bonchev–Trinajstić information content (AvgIpc) is 2.70. The zero-order chi connectivity index (χ0) is 13.7. The fraction of sp³-hybridized carbons (Fsp3) is 0.692.